The van der Waals surface area contributed by atoms with Crippen molar-refractivity contribution in [1.82, 2.24) is 10.2 Å². The second kappa shape index (κ2) is 12.6. The maximum atomic E-state index is 14.0. The summed E-state index contributed by atoms with van der Waals surface area (Å²) in [5, 5.41) is 3.25. The van der Waals surface area contributed by atoms with E-state index in [2.05, 4.69) is 5.32 Å². The zero-order valence-electron chi connectivity index (χ0n) is 22.5. The topological polar surface area (TPSA) is 105 Å². The number of carbonyl (C=O) groups excluding carboxylic acids is 2. The average Bonchev–Trinajstić information content (AvgIpc) is 2.94. The summed E-state index contributed by atoms with van der Waals surface area (Å²) in [6, 6.07) is 18.5. The Morgan fingerprint density at radius 1 is 0.925 bits per heavy atom. The molecule has 4 rings (SSSR count). The predicted octanol–water partition coefficient (Wildman–Crippen LogP) is 4.25. The Morgan fingerprint density at radius 3 is 2.25 bits per heavy atom. The number of sulfonamides is 1. The monoisotopic (exact) mass is 585 g/mol. The van der Waals surface area contributed by atoms with Gasteiger partial charge in [-0.2, -0.15) is 0 Å². The average molecular weight is 586 g/mol. The molecule has 40 heavy (non-hydrogen) atoms. The summed E-state index contributed by atoms with van der Waals surface area (Å²) >= 11 is 6.39. The summed E-state index contributed by atoms with van der Waals surface area (Å²) in [5.74, 6) is -0.0901. The van der Waals surface area contributed by atoms with Crippen LogP contribution in [0.5, 0.6) is 11.5 Å². The van der Waals surface area contributed by atoms with Gasteiger partial charge in [-0.15, -0.1) is 0 Å². The highest BCUT2D eigenvalue weighted by atomic mass is 35.5. The number of amides is 2. The summed E-state index contributed by atoms with van der Waals surface area (Å²) in [4.78, 5) is 28.3. The maximum absolute atomic E-state index is 14.0. The highest BCUT2D eigenvalue weighted by Gasteiger charge is 2.33. The van der Waals surface area contributed by atoms with E-state index in [1.165, 1.54) is 23.1 Å². The Bertz CT molecular complexity index is 1470. The van der Waals surface area contributed by atoms with Gasteiger partial charge in [0.1, 0.15) is 25.8 Å². The lowest BCUT2D eigenvalue weighted by Gasteiger charge is -2.32. The van der Waals surface area contributed by atoms with Crippen molar-refractivity contribution in [3.8, 4) is 11.5 Å². The fourth-order valence-corrected chi connectivity index (χ4v) is 5.86. The Hall–Kier alpha value is -3.76. The second-order valence-corrected chi connectivity index (χ2v) is 11.9. The molecule has 0 unspecified atom stereocenters. The lowest BCUT2D eigenvalue weighted by Crippen LogP contribution is -2.52. The minimum absolute atomic E-state index is 0.00551. The minimum Gasteiger partial charge on any atom is -0.486 e. The maximum Gasteiger partial charge on any atom is 0.264 e. The summed E-state index contributed by atoms with van der Waals surface area (Å²) in [6.45, 7) is 5.37. The molecule has 212 valence electrons. The lowest BCUT2D eigenvalue weighted by molar-refractivity contribution is -0.139. The summed E-state index contributed by atoms with van der Waals surface area (Å²) in [6.07, 6.45) is 0. The molecule has 0 radical (unpaired) electrons. The van der Waals surface area contributed by atoms with Gasteiger partial charge in [0.05, 0.1) is 10.6 Å². The number of rotatable bonds is 10. The quantitative estimate of drug-likeness (QED) is 0.381. The number of fused-ring (bicyclic) bond motifs is 1. The van der Waals surface area contributed by atoms with E-state index in [0.717, 1.165) is 4.31 Å². The third kappa shape index (κ3) is 6.68. The Labute approximate surface area is 239 Å². The fraction of sp³-hybridized carbons (Fsp3) is 0.310. The molecule has 0 aliphatic carbocycles. The molecule has 0 spiro atoms. The summed E-state index contributed by atoms with van der Waals surface area (Å²) in [7, 11) is -4.19. The molecule has 11 heteroatoms. The van der Waals surface area contributed by atoms with Crippen LogP contribution >= 0.6 is 11.6 Å². The first-order valence-corrected chi connectivity index (χ1v) is 14.7. The van der Waals surface area contributed by atoms with Gasteiger partial charge in [0.25, 0.3) is 10.0 Å². The zero-order chi connectivity index (χ0) is 28.9. The molecule has 1 atom stereocenters. The minimum atomic E-state index is -4.19. The van der Waals surface area contributed by atoms with Crippen molar-refractivity contribution in [2.24, 2.45) is 0 Å². The Balaban J connectivity index is 1.74. The molecule has 0 fully saturated rings. The van der Waals surface area contributed by atoms with Gasteiger partial charge < -0.3 is 19.7 Å². The van der Waals surface area contributed by atoms with Gasteiger partial charge in [0.2, 0.25) is 11.8 Å². The van der Waals surface area contributed by atoms with Crippen LogP contribution in [0.25, 0.3) is 0 Å². The largest absolute Gasteiger partial charge is 0.486 e. The molecular weight excluding hydrogens is 554 g/mol. The Kier molecular flexibility index (Phi) is 9.21. The van der Waals surface area contributed by atoms with Crippen LogP contribution < -0.4 is 19.1 Å². The molecule has 1 N–H and O–H groups in total. The number of benzene rings is 3. The van der Waals surface area contributed by atoms with Crippen LogP contribution in [-0.2, 0) is 26.2 Å². The van der Waals surface area contributed by atoms with Gasteiger partial charge in [-0.1, -0.05) is 48.0 Å². The van der Waals surface area contributed by atoms with Crippen LogP contribution in [0.2, 0.25) is 5.02 Å². The fourth-order valence-electron chi connectivity index (χ4n) is 4.23. The number of anilines is 1. The molecule has 0 aromatic heterocycles. The van der Waals surface area contributed by atoms with Crippen molar-refractivity contribution in [3.63, 3.8) is 0 Å². The molecule has 9 nitrogen and oxygen atoms in total. The van der Waals surface area contributed by atoms with E-state index in [1.807, 2.05) is 13.8 Å². The third-order valence-corrected chi connectivity index (χ3v) is 8.48. The lowest BCUT2D eigenvalue weighted by atomic mass is 10.1. The van der Waals surface area contributed by atoms with Crippen molar-refractivity contribution < 1.29 is 27.5 Å². The molecule has 1 aliphatic rings. The van der Waals surface area contributed by atoms with Crippen LogP contribution in [0.15, 0.2) is 77.7 Å². The number of halogens is 1. The van der Waals surface area contributed by atoms with Gasteiger partial charge in [-0.3, -0.25) is 13.9 Å². The zero-order valence-corrected chi connectivity index (χ0v) is 24.1. The third-order valence-electron chi connectivity index (χ3n) is 6.32. The van der Waals surface area contributed by atoms with Gasteiger partial charge in [0, 0.05) is 23.7 Å². The molecule has 3 aromatic rings. The van der Waals surface area contributed by atoms with E-state index in [0.29, 0.717) is 35.3 Å². The standard InChI is InChI=1S/C29H32ClN3O6S/c1-20(2)31-29(35)21(3)32(18-22-9-7-8-12-25(22)30)28(34)19-33(40(36,37)24-10-5-4-6-11-24)23-13-14-26-27(17-23)39-16-15-38-26/h4-14,17,20-21H,15-16,18-19H2,1-3H3,(H,31,35)/t21-/m0/s1. The molecule has 0 saturated carbocycles. The molecule has 2 amide bonds. The Morgan fingerprint density at radius 2 is 1.57 bits per heavy atom. The summed E-state index contributed by atoms with van der Waals surface area (Å²) < 4.78 is 40.1. The van der Waals surface area contributed by atoms with Crippen molar-refractivity contribution in [2.75, 3.05) is 24.1 Å². The van der Waals surface area contributed by atoms with Crippen molar-refractivity contribution in [1.29, 1.82) is 0 Å². The number of carbonyl (C=O) groups is 2. The van der Waals surface area contributed by atoms with Crippen LogP contribution in [0.3, 0.4) is 0 Å². The summed E-state index contributed by atoms with van der Waals surface area (Å²) in [5.41, 5.74) is 0.844. The van der Waals surface area contributed by atoms with E-state index in [4.69, 9.17) is 21.1 Å². The smallest absolute Gasteiger partial charge is 0.264 e. The van der Waals surface area contributed by atoms with E-state index in [9.17, 15) is 18.0 Å². The molecule has 1 heterocycles. The van der Waals surface area contributed by atoms with Gasteiger partial charge in [-0.25, -0.2) is 8.42 Å². The first-order chi connectivity index (χ1) is 19.1. The van der Waals surface area contributed by atoms with Crippen molar-refractivity contribution in [2.45, 2.75) is 44.3 Å². The van der Waals surface area contributed by atoms with E-state index in [1.54, 1.807) is 61.5 Å². The van der Waals surface area contributed by atoms with Crippen LogP contribution in [0, 0.1) is 0 Å². The predicted molar refractivity (Wildman–Crippen MR) is 153 cm³/mol. The molecule has 0 saturated heterocycles. The van der Waals surface area contributed by atoms with E-state index in [-0.39, 0.29) is 29.1 Å². The number of nitrogens with zero attached hydrogens (tertiary/aromatic N) is 2. The van der Waals surface area contributed by atoms with E-state index < -0.39 is 28.5 Å². The van der Waals surface area contributed by atoms with Gasteiger partial charge in [0.15, 0.2) is 11.5 Å². The molecule has 0 bridgehead atoms. The SMILES string of the molecule is CC(C)NC(=O)[C@H](C)N(Cc1ccccc1Cl)C(=O)CN(c1ccc2c(c1)OCCO2)S(=O)(=O)c1ccccc1. The van der Waals surface area contributed by atoms with Crippen molar-refractivity contribution >= 4 is 39.1 Å². The molecular formula is C29H32ClN3O6S. The van der Waals surface area contributed by atoms with Gasteiger partial charge >= 0.3 is 0 Å². The molecule has 1 aliphatic heterocycles. The highest BCUT2D eigenvalue weighted by molar-refractivity contribution is 7.92. The number of ether oxygens (including phenoxy) is 2. The normalized spacial score (nSPS) is 13.4. The van der Waals surface area contributed by atoms with Crippen molar-refractivity contribution in [3.05, 3.63) is 83.4 Å². The first kappa shape index (κ1) is 29.2. The van der Waals surface area contributed by atoms with Crippen LogP contribution in [-0.4, -0.2) is 57.0 Å². The number of nitrogens with one attached hydrogen (secondary N) is 1. The van der Waals surface area contributed by atoms with Crippen LogP contribution in [0.1, 0.15) is 26.3 Å². The van der Waals surface area contributed by atoms with E-state index >= 15 is 0 Å². The second-order valence-electron chi connectivity index (χ2n) is 9.61. The first-order valence-electron chi connectivity index (χ1n) is 12.9. The number of hydrogen-bond donors (Lipinski definition) is 1. The molecule has 3 aromatic carbocycles. The van der Waals surface area contributed by atoms with Crippen LogP contribution in [0.4, 0.5) is 5.69 Å². The highest BCUT2D eigenvalue weighted by Crippen LogP contribution is 2.36. The number of hydrogen-bond acceptors (Lipinski definition) is 6. The van der Waals surface area contributed by atoms with Gasteiger partial charge in [-0.05, 0) is 56.7 Å².